The van der Waals surface area contributed by atoms with E-state index in [1.165, 1.54) is 31.2 Å². The molecular formula is C23H27NO12. The van der Waals surface area contributed by atoms with Gasteiger partial charge >= 0.3 is 29.8 Å². The number of benzene rings is 1. The molecule has 2 rings (SSSR count). The first-order valence-electron chi connectivity index (χ1n) is 10.8. The van der Waals surface area contributed by atoms with Crippen LogP contribution in [0.25, 0.3) is 0 Å². The van der Waals surface area contributed by atoms with Gasteiger partial charge in [-0.25, -0.2) is 0 Å². The smallest absolute Gasteiger partial charge is 0.308 e. The number of carbonyl (C=O) groups excluding carboxylic acids is 6. The van der Waals surface area contributed by atoms with Crippen molar-refractivity contribution in [2.75, 3.05) is 6.61 Å². The summed E-state index contributed by atoms with van der Waals surface area (Å²) in [6.45, 7) is 5.23. The number of amides is 1. The third-order valence-corrected chi connectivity index (χ3v) is 4.66. The van der Waals surface area contributed by atoms with Gasteiger partial charge in [-0.2, -0.15) is 0 Å². The summed E-state index contributed by atoms with van der Waals surface area (Å²) in [5, 5.41) is 2.57. The van der Waals surface area contributed by atoms with Gasteiger partial charge in [-0.05, 0) is 24.3 Å². The Morgan fingerprint density at radius 2 is 1.31 bits per heavy atom. The summed E-state index contributed by atoms with van der Waals surface area (Å²) in [4.78, 5) is 70.9. The molecule has 5 atom stereocenters. The maximum absolute atomic E-state index is 13.0. The Morgan fingerprint density at radius 1 is 0.750 bits per heavy atom. The highest BCUT2D eigenvalue weighted by atomic mass is 16.7. The molecule has 13 heteroatoms. The summed E-state index contributed by atoms with van der Waals surface area (Å²) in [7, 11) is 0. The molecule has 1 amide bonds. The van der Waals surface area contributed by atoms with E-state index in [1.807, 2.05) is 0 Å². The highest BCUT2D eigenvalue weighted by Gasteiger charge is 2.52. The van der Waals surface area contributed by atoms with Crippen LogP contribution in [0.2, 0.25) is 0 Å². The van der Waals surface area contributed by atoms with Gasteiger partial charge in [-0.1, -0.05) is 0 Å². The molecule has 196 valence electrons. The van der Waals surface area contributed by atoms with Crippen molar-refractivity contribution >= 4 is 35.8 Å². The summed E-state index contributed by atoms with van der Waals surface area (Å²) in [6, 6.07) is 4.17. The lowest BCUT2D eigenvalue weighted by molar-refractivity contribution is -0.270. The first kappa shape index (κ1) is 28.2. The summed E-state index contributed by atoms with van der Waals surface area (Å²) in [5.74, 6) is -4.06. The van der Waals surface area contributed by atoms with Crippen molar-refractivity contribution < 1.29 is 57.2 Å². The number of hydrogen-bond acceptors (Lipinski definition) is 12. The molecule has 1 aromatic rings. The Balaban J connectivity index is 2.41. The third kappa shape index (κ3) is 8.34. The van der Waals surface area contributed by atoms with E-state index in [0.29, 0.717) is 0 Å². The fraction of sp³-hybridized carbons (Fsp3) is 0.478. The minimum atomic E-state index is -1.51. The molecule has 1 aliphatic rings. The van der Waals surface area contributed by atoms with Gasteiger partial charge < -0.3 is 33.7 Å². The van der Waals surface area contributed by atoms with Crippen LogP contribution in [-0.4, -0.2) is 73.0 Å². The van der Waals surface area contributed by atoms with Crippen LogP contribution in [0.4, 0.5) is 0 Å². The van der Waals surface area contributed by atoms with Crippen LogP contribution in [0.1, 0.15) is 45.0 Å². The summed E-state index contributed by atoms with van der Waals surface area (Å²) in [6.07, 6.45) is -5.45. The first-order chi connectivity index (χ1) is 16.9. The van der Waals surface area contributed by atoms with E-state index in [0.717, 1.165) is 27.7 Å². The Kier molecular flexibility index (Phi) is 9.91. The Bertz CT molecular complexity index is 1000. The van der Waals surface area contributed by atoms with E-state index < -0.39 is 73.0 Å². The molecular weight excluding hydrogens is 482 g/mol. The Morgan fingerprint density at radius 3 is 1.81 bits per heavy atom. The van der Waals surface area contributed by atoms with Crippen molar-refractivity contribution in [3.8, 4) is 5.75 Å². The van der Waals surface area contributed by atoms with Crippen LogP contribution in [0.5, 0.6) is 5.75 Å². The van der Waals surface area contributed by atoms with Gasteiger partial charge in [0, 0.05) is 40.2 Å². The minimum absolute atomic E-state index is 0.111. The van der Waals surface area contributed by atoms with Gasteiger partial charge in [0.05, 0.1) is 0 Å². The Hall–Kier alpha value is -4.00. The molecule has 0 radical (unpaired) electrons. The van der Waals surface area contributed by atoms with Crippen LogP contribution in [-0.2, 0) is 47.7 Å². The third-order valence-electron chi connectivity index (χ3n) is 4.66. The van der Waals surface area contributed by atoms with E-state index in [-0.39, 0.29) is 11.3 Å². The molecule has 0 aliphatic carbocycles. The van der Waals surface area contributed by atoms with Gasteiger partial charge in [0.15, 0.2) is 12.2 Å². The number of hydrogen-bond donors (Lipinski definition) is 1. The van der Waals surface area contributed by atoms with E-state index in [1.54, 1.807) is 0 Å². The van der Waals surface area contributed by atoms with Crippen LogP contribution >= 0.6 is 0 Å². The van der Waals surface area contributed by atoms with Crippen molar-refractivity contribution in [3.05, 3.63) is 29.8 Å². The lowest BCUT2D eigenvalue weighted by Crippen LogP contribution is -2.67. The van der Waals surface area contributed by atoms with E-state index >= 15 is 0 Å². The van der Waals surface area contributed by atoms with Crippen molar-refractivity contribution in [1.82, 2.24) is 5.32 Å². The molecule has 1 fully saturated rings. The number of carbonyl (C=O) groups is 6. The molecule has 13 nitrogen and oxygen atoms in total. The summed E-state index contributed by atoms with van der Waals surface area (Å²) in [5.41, 5.74) is 0.111. The van der Waals surface area contributed by atoms with Gasteiger partial charge in [0.2, 0.25) is 6.29 Å². The summed E-state index contributed by atoms with van der Waals surface area (Å²) < 4.78 is 31.5. The van der Waals surface area contributed by atoms with Crippen molar-refractivity contribution in [3.63, 3.8) is 0 Å². The molecule has 0 unspecified atom stereocenters. The monoisotopic (exact) mass is 509 g/mol. The molecule has 36 heavy (non-hydrogen) atoms. The second kappa shape index (κ2) is 12.6. The van der Waals surface area contributed by atoms with Crippen LogP contribution in [0.15, 0.2) is 24.3 Å². The van der Waals surface area contributed by atoms with E-state index in [4.69, 9.17) is 28.4 Å². The van der Waals surface area contributed by atoms with Crippen LogP contribution < -0.4 is 10.1 Å². The van der Waals surface area contributed by atoms with Gasteiger partial charge in [-0.15, -0.1) is 0 Å². The molecule has 0 aromatic heterocycles. The maximum atomic E-state index is 13.0. The molecule has 1 saturated heterocycles. The molecule has 1 heterocycles. The fourth-order valence-electron chi connectivity index (χ4n) is 3.40. The lowest BCUT2D eigenvalue weighted by atomic mass is 9.95. The predicted octanol–water partition coefficient (Wildman–Crippen LogP) is 0.425. The van der Waals surface area contributed by atoms with Crippen molar-refractivity contribution in [2.45, 2.75) is 65.3 Å². The van der Waals surface area contributed by atoms with Crippen LogP contribution in [0.3, 0.4) is 0 Å². The second-order valence-corrected chi connectivity index (χ2v) is 7.72. The zero-order chi connectivity index (χ0) is 27.0. The first-order valence-corrected chi connectivity index (χ1v) is 10.8. The largest absolute Gasteiger partial charge is 0.463 e. The average Bonchev–Trinajstić information content (AvgIpc) is 2.75. The molecule has 0 spiro atoms. The SMILES string of the molecule is CC(=O)OC[C@@H]1O[C@H](OC(C)=O)[C@H](NC(=O)c2ccc(OC(C)=O)cc2)[C@H](OC(C)=O)[C@H]1OC(C)=O. The quantitative estimate of drug-likeness (QED) is 0.292. The standard InChI is InChI=1S/C23H27NO12/c1-11(25)31-10-18-20(33-13(3)27)21(34-14(4)28)19(23(36-18)35-15(5)29)24-22(30)16-6-8-17(9-7-16)32-12(2)26/h6-9,18-21,23H,10H2,1-5H3,(H,24,30)/t18-,19+,20-,21-,23-/m0/s1. The zero-order valence-corrected chi connectivity index (χ0v) is 20.3. The highest BCUT2D eigenvalue weighted by Crippen LogP contribution is 2.28. The number of rotatable bonds is 8. The topological polar surface area (TPSA) is 170 Å². The highest BCUT2D eigenvalue weighted by molar-refractivity contribution is 5.94. The molecule has 0 saturated carbocycles. The predicted molar refractivity (Wildman–Crippen MR) is 117 cm³/mol. The van der Waals surface area contributed by atoms with Crippen molar-refractivity contribution in [2.24, 2.45) is 0 Å². The molecule has 0 bridgehead atoms. The maximum Gasteiger partial charge on any atom is 0.308 e. The second-order valence-electron chi connectivity index (χ2n) is 7.72. The average molecular weight is 509 g/mol. The summed E-state index contributed by atoms with van der Waals surface area (Å²) >= 11 is 0. The normalized spacial score (nSPS) is 23.0. The van der Waals surface area contributed by atoms with Crippen LogP contribution in [0, 0.1) is 0 Å². The van der Waals surface area contributed by atoms with E-state index in [2.05, 4.69) is 5.32 Å². The Labute approximate surface area is 206 Å². The van der Waals surface area contributed by atoms with E-state index in [9.17, 15) is 28.8 Å². The van der Waals surface area contributed by atoms with Gasteiger partial charge in [0.1, 0.15) is 24.5 Å². The van der Waals surface area contributed by atoms with Gasteiger partial charge in [0.25, 0.3) is 5.91 Å². The lowest BCUT2D eigenvalue weighted by Gasteiger charge is -2.44. The number of esters is 5. The van der Waals surface area contributed by atoms with Gasteiger partial charge in [-0.3, -0.25) is 28.8 Å². The van der Waals surface area contributed by atoms with Crippen molar-refractivity contribution in [1.29, 1.82) is 0 Å². The molecule has 1 N–H and O–H groups in total. The molecule has 1 aliphatic heterocycles. The number of nitrogens with one attached hydrogen (secondary N) is 1. The fourth-order valence-corrected chi connectivity index (χ4v) is 3.40. The zero-order valence-electron chi connectivity index (χ0n) is 20.3. The minimum Gasteiger partial charge on any atom is -0.463 e. The molecule has 1 aromatic carbocycles. The number of ether oxygens (including phenoxy) is 6.